The number of benzene rings is 2. The summed E-state index contributed by atoms with van der Waals surface area (Å²) in [5, 5.41) is 10.7. The Hall–Kier alpha value is -2.02. The molecule has 0 bridgehead atoms. The summed E-state index contributed by atoms with van der Waals surface area (Å²) in [6.45, 7) is 6.56. The van der Waals surface area contributed by atoms with Gasteiger partial charge in [-0.25, -0.2) is 0 Å². The van der Waals surface area contributed by atoms with Gasteiger partial charge in [-0.3, -0.25) is 0 Å². The van der Waals surface area contributed by atoms with E-state index in [0.29, 0.717) is 19.8 Å². The maximum atomic E-state index is 10.7. The second kappa shape index (κ2) is 10.5. The molecule has 1 aliphatic rings. The number of hydrogen-bond acceptors (Lipinski definition) is 5. The first-order valence-corrected chi connectivity index (χ1v) is 9.56. The fourth-order valence-corrected chi connectivity index (χ4v) is 3.18. The highest BCUT2D eigenvalue weighted by atomic mass is 16.7. The Labute approximate surface area is 166 Å². The summed E-state index contributed by atoms with van der Waals surface area (Å²) in [5.74, 6) is 0. The fraction of sp³-hybridized carbons (Fsp3) is 0.391. The Balaban J connectivity index is 1.74. The van der Waals surface area contributed by atoms with E-state index < -0.39 is 30.7 Å². The molecule has 28 heavy (non-hydrogen) atoms. The molecule has 3 rings (SSSR count). The van der Waals surface area contributed by atoms with Crippen LogP contribution in [0.25, 0.3) is 0 Å². The minimum absolute atomic E-state index is 0.323. The molecule has 5 heteroatoms. The number of hydrogen-bond donors (Lipinski definition) is 1. The van der Waals surface area contributed by atoms with Gasteiger partial charge in [0.2, 0.25) is 0 Å². The van der Waals surface area contributed by atoms with Crippen LogP contribution in [0.4, 0.5) is 0 Å². The first-order chi connectivity index (χ1) is 13.7. The van der Waals surface area contributed by atoms with Gasteiger partial charge in [-0.05, 0) is 18.1 Å². The largest absolute Gasteiger partial charge is 0.388 e. The van der Waals surface area contributed by atoms with Crippen molar-refractivity contribution >= 4 is 0 Å². The lowest BCUT2D eigenvalue weighted by Gasteiger charge is -2.43. The van der Waals surface area contributed by atoms with E-state index in [0.717, 1.165) is 11.1 Å². The van der Waals surface area contributed by atoms with E-state index in [2.05, 4.69) is 6.58 Å². The molecule has 2 aromatic carbocycles. The van der Waals surface area contributed by atoms with Crippen LogP contribution in [0, 0.1) is 0 Å². The zero-order valence-corrected chi connectivity index (χ0v) is 16.1. The van der Waals surface area contributed by atoms with E-state index in [-0.39, 0.29) is 0 Å². The van der Waals surface area contributed by atoms with Gasteiger partial charge >= 0.3 is 0 Å². The van der Waals surface area contributed by atoms with Crippen LogP contribution < -0.4 is 0 Å². The van der Waals surface area contributed by atoms with Crippen LogP contribution >= 0.6 is 0 Å². The standard InChI is InChI=1S/C23H28O5/c1-3-14-25-23-22(27-16-19-12-8-5-9-13-19)21(20(24)17(2)28-23)26-15-18-10-6-4-7-11-18/h3-13,17,20-24H,1,14-16H2,2H3/t17-,20+,21+,22-,23+/m1/s1. The zero-order chi connectivity index (χ0) is 19.8. The van der Waals surface area contributed by atoms with Crippen molar-refractivity contribution in [3.05, 3.63) is 84.4 Å². The molecular formula is C23H28O5. The van der Waals surface area contributed by atoms with Gasteiger partial charge in [-0.2, -0.15) is 0 Å². The predicted octanol–water partition coefficient (Wildman–Crippen LogP) is 3.47. The Bertz CT molecular complexity index is 705. The molecule has 5 atom stereocenters. The van der Waals surface area contributed by atoms with E-state index in [4.69, 9.17) is 18.9 Å². The highest BCUT2D eigenvalue weighted by molar-refractivity contribution is 5.14. The molecule has 0 radical (unpaired) electrons. The second-order valence-electron chi connectivity index (χ2n) is 6.84. The normalized spacial score (nSPS) is 27.4. The lowest BCUT2D eigenvalue weighted by Crippen LogP contribution is -2.59. The highest BCUT2D eigenvalue weighted by Gasteiger charge is 2.45. The lowest BCUT2D eigenvalue weighted by atomic mass is 9.99. The second-order valence-corrected chi connectivity index (χ2v) is 6.84. The summed E-state index contributed by atoms with van der Waals surface area (Å²) in [4.78, 5) is 0. The molecule has 0 saturated carbocycles. The summed E-state index contributed by atoms with van der Waals surface area (Å²) < 4.78 is 23.9. The van der Waals surface area contributed by atoms with Crippen molar-refractivity contribution in [3.8, 4) is 0 Å². The van der Waals surface area contributed by atoms with Gasteiger partial charge in [0.25, 0.3) is 0 Å². The highest BCUT2D eigenvalue weighted by Crippen LogP contribution is 2.28. The maximum absolute atomic E-state index is 10.7. The molecule has 1 aliphatic heterocycles. The average Bonchev–Trinajstić information content (AvgIpc) is 2.74. The lowest BCUT2D eigenvalue weighted by molar-refractivity contribution is -0.310. The van der Waals surface area contributed by atoms with Gasteiger partial charge in [-0.15, -0.1) is 6.58 Å². The Morgan fingerprint density at radius 3 is 1.96 bits per heavy atom. The smallest absolute Gasteiger partial charge is 0.187 e. The summed E-state index contributed by atoms with van der Waals surface area (Å²) in [6.07, 6.45) is -1.41. The molecule has 0 amide bonds. The molecule has 5 nitrogen and oxygen atoms in total. The molecule has 0 aromatic heterocycles. The molecule has 0 unspecified atom stereocenters. The number of rotatable bonds is 9. The van der Waals surface area contributed by atoms with Gasteiger partial charge in [0, 0.05) is 0 Å². The van der Waals surface area contributed by atoms with E-state index in [1.165, 1.54) is 0 Å². The third kappa shape index (κ3) is 5.50. The minimum atomic E-state index is -0.826. The van der Waals surface area contributed by atoms with E-state index in [1.54, 1.807) is 13.0 Å². The molecule has 0 aliphatic carbocycles. The van der Waals surface area contributed by atoms with Crippen molar-refractivity contribution in [1.29, 1.82) is 0 Å². The van der Waals surface area contributed by atoms with Crippen molar-refractivity contribution in [1.82, 2.24) is 0 Å². The number of aliphatic hydroxyl groups is 1. The van der Waals surface area contributed by atoms with E-state index >= 15 is 0 Å². The van der Waals surface area contributed by atoms with Gasteiger partial charge < -0.3 is 24.1 Å². The SMILES string of the molecule is C=CCO[C@H]1O[C@H](C)[C@H](O)[C@H](OCc2ccccc2)[C@H]1OCc1ccccc1. The van der Waals surface area contributed by atoms with Crippen molar-refractivity contribution in [3.63, 3.8) is 0 Å². The summed E-state index contributed by atoms with van der Waals surface area (Å²) in [5.41, 5.74) is 2.05. The Morgan fingerprint density at radius 2 is 1.43 bits per heavy atom. The van der Waals surface area contributed by atoms with Crippen LogP contribution in [0.3, 0.4) is 0 Å². The molecule has 1 saturated heterocycles. The quantitative estimate of drug-likeness (QED) is 0.671. The van der Waals surface area contributed by atoms with E-state index in [9.17, 15) is 5.11 Å². The van der Waals surface area contributed by atoms with Crippen molar-refractivity contribution < 1.29 is 24.1 Å². The molecule has 1 fully saturated rings. The molecule has 2 aromatic rings. The average molecular weight is 384 g/mol. The summed E-state index contributed by atoms with van der Waals surface area (Å²) in [6, 6.07) is 19.7. The van der Waals surface area contributed by atoms with Crippen LogP contribution in [0.2, 0.25) is 0 Å². The zero-order valence-electron chi connectivity index (χ0n) is 16.1. The van der Waals surface area contributed by atoms with Gasteiger partial charge in [0.15, 0.2) is 6.29 Å². The van der Waals surface area contributed by atoms with Gasteiger partial charge in [0.1, 0.15) is 18.3 Å². The van der Waals surface area contributed by atoms with Crippen LogP contribution in [0.5, 0.6) is 0 Å². The summed E-state index contributed by atoms with van der Waals surface area (Å²) >= 11 is 0. The van der Waals surface area contributed by atoms with Crippen LogP contribution in [0.1, 0.15) is 18.1 Å². The Kier molecular flexibility index (Phi) is 7.77. The first-order valence-electron chi connectivity index (χ1n) is 9.56. The molecule has 0 spiro atoms. The third-order valence-electron chi connectivity index (χ3n) is 4.71. The fourth-order valence-electron chi connectivity index (χ4n) is 3.18. The van der Waals surface area contributed by atoms with Gasteiger partial charge in [0.05, 0.1) is 25.9 Å². The van der Waals surface area contributed by atoms with E-state index in [1.807, 2.05) is 60.7 Å². The van der Waals surface area contributed by atoms with Crippen molar-refractivity contribution in [2.24, 2.45) is 0 Å². The first kappa shape index (κ1) is 20.7. The van der Waals surface area contributed by atoms with Crippen LogP contribution in [0.15, 0.2) is 73.3 Å². The monoisotopic (exact) mass is 384 g/mol. The van der Waals surface area contributed by atoms with Gasteiger partial charge in [-0.1, -0.05) is 66.7 Å². The predicted molar refractivity (Wildman–Crippen MR) is 107 cm³/mol. The third-order valence-corrected chi connectivity index (χ3v) is 4.71. The molecule has 1 heterocycles. The topological polar surface area (TPSA) is 57.2 Å². The molecule has 1 N–H and O–H groups in total. The molecular weight excluding hydrogens is 356 g/mol. The Morgan fingerprint density at radius 1 is 0.893 bits per heavy atom. The van der Waals surface area contributed by atoms with Crippen LogP contribution in [-0.4, -0.2) is 42.4 Å². The number of aliphatic hydroxyl groups excluding tert-OH is 1. The molecule has 150 valence electrons. The summed E-state index contributed by atoms with van der Waals surface area (Å²) in [7, 11) is 0. The number of ether oxygens (including phenoxy) is 4. The van der Waals surface area contributed by atoms with Crippen molar-refractivity contribution in [2.75, 3.05) is 6.61 Å². The van der Waals surface area contributed by atoms with Crippen molar-refractivity contribution in [2.45, 2.75) is 50.8 Å². The maximum Gasteiger partial charge on any atom is 0.187 e. The minimum Gasteiger partial charge on any atom is -0.388 e. The van der Waals surface area contributed by atoms with Crippen LogP contribution in [-0.2, 0) is 32.2 Å².